The molecule has 0 unspecified atom stereocenters. The van der Waals surface area contributed by atoms with Gasteiger partial charge in [0.25, 0.3) is 0 Å². The molecule has 4 N–H and O–H groups in total. The third-order valence-electron chi connectivity index (χ3n) is 3.86. The second-order valence-electron chi connectivity index (χ2n) is 5.51. The van der Waals surface area contributed by atoms with Gasteiger partial charge >= 0.3 is 0 Å². The second kappa shape index (κ2) is 6.36. The molecular weight excluding hydrogens is 216 g/mol. The van der Waals surface area contributed by atoms with Crippen molar-refractivity contribution in [3.63, 3.8) is 0 Å². The molecule has 0 bridgehead atoms. The maximum Gasteiger partial charge on any atom is 0.237 e. The van der Waals surface area contributed by atoms with Crippen LogP contribution in [0.1, 0.15) is 52.4 Å². The Balaban J connectivity index is 2.54. The number of aliphatic hydroxyl groups excluding tert-OH is 1. The molecule has 4 nitrogen and oxygen atoms in total. The molecule has 0 saturated heterocycles. The Morgan fingerprint density at radius 2 is 2.12 bits per heavy atom. The van der Waals surface area contributed by atoms with Crippen LogP contribution in [0, 0.1) is 5.92 Å². The molecule has 1 aliphatic rings. The van der Waals surface area contributed by atoms with E-state index in [1.165, 1.54) is 0 Å². The van der Waals surface area contributed by atoms with Crippen LogP contribution >= 0.6 is 0 Å². The second-order valence-corrected chi connectivity index (χ2v) is 5.51. The highest BCUT2D eigenvalue weighted by Crippen LogP contribution is 2.31. The van der Waals surface area contributed by atoms with Gasteiger partial charge in [-0.25, -0.2) is 0 Å². The van der Waals surface area contributed by atoms with Crippen molar-refractivity contribution in [3.8, 4) is 0 Å². The van der Waals surface area contributed by atoms with Gasteiger partial charge in [-0.2, -0.15) is 0 Å². The standard InChI is InChI=1S/C13H26N2O2/c1-3-4-11(14)12(17)15-13(9-16)7-5-10(2)6-8-13/h10-11,16H,3-9,14H2,1-2H3,(H,15,17)/t10?,11-,13?/m1/s1. The topological polar surface area (TPSA) is 75.4 Å². The molecule has 1 aliphatic carbocycles. The van der Waals surface area contributed by atoms with Crippen molar-refractivity contribution >= 4 is 5.91 Å². The van der Waals surface area contributed by atoms with Crippen LogP contribution in [0.5, 0.6) is 0 Å². The lowest BCUT2D eigenvalue weighted by molar-refractivity contribution is -0.125. The number of carbonyl (C=O) groups excluding carboxylic acids is 1. The summed E-state index contributed by atoms with van der Waals surface area (Å²) in [5, 5.41) is 12.5. The fraction of sp³-hybridized carbons (Fsp3) is 0.923. The third kappa shape index (κ3) is 3.96. The summed E-state index contributed by atoms with van der Waals surface area (Å²) in [7, 11) is 0. The molecule has 0 radical (unpaired) electrons. The zero-order valence-electron chi connectivity index (χ0n) is 11.0. The highest BCUT2D eigenvalue weighted by Gasteiger charge is 2.35. The van der Waals surface area contributed by atoms with Gasteiger partial charge in [0.2, 0.25) is 5.91 Å². The Bertz CT molecular complexity index is 248. The first-order valence-corrected chi connectivity index (χ1v) is 6.71. The molecule has 1 saturated carbocycles. The number of amides is 1. The zero-order valence-corrected chi connectivity index (χ0v) is 11.0. The molecular formula is C13H26N2O2. The minimum absolute atomic E-state index is 0.0182. The zero-order chi connectivity index (χ0) is 12.9. The van der Waals surface area contributed by atoms with Gasteiger partial charge in [0, 0.05) is 0 Å². The van der Waals surface area contributed by atoms with Gasteiger partial charge in [0.1, 0.15) is 0 Å². The average molecular weight is 242 g/mol. The maximum absolute atomic E-state index is 11.9. The quantitative estimate of drug-likeness (QED) is 0.677. The first kappa shape index (κ1) is 14.5. The summed E-state index contributed by atoms with van der Waals surface area (Å²) in [6, 6.07) is -0.442. The lowest BCUT2D eigenvalue weighted by atomic mass is 9.77. The summed E-state index contributed by atoms with van der Waals surface area (Å²) >= 11 is 0. The summed E-state index contributed by atoms with van der Waals surface area (Å²) in [6.07, 6.45) is 5.43. The van der Waals surface area contributed by atoms with E-state index in [1.807, 2.05) is 6.92 Å². The number of rotatable bonds is 5. The van der Waals surface area contributed by atoms with Crippen LogP contribution in [-0.4, -0.2) is 29.2 Å². The summed E-state index contributed by atoms with van der Waals surface area (Å²) in [4.78, 5) is 11.9. The highest BCUT2D eigenvalue weighted by molar-refractivity contribution is 5.82. The van der Waals surface area contributed by atoms with Crippen molar-refractivity contribution < 1.29 is 9.90 Å². The molecule has 1 atom stereocenters. The Morgan fingerprint density at radius 3 is 2.59 bits per heavy atom. The Kier molecular flexibility index (Phi) is 5.40. The van der Waals surface area contributed by atoms with Crippen LogP contribution in [0.3, 0.4) is 0 Å². The van der Waals surface area contributed by atoms with Gasteiger partial charge in [-0.1, -0.05) is 20.3 Å². The fourth-order valence-electron chi connectivity index (χ4n) is 2.43. The number of hydrogen-bond acceptors (Lipinski definition) is 3. The Morgan fingerprint density at radius 1 is 1.53 bits per heavy atom. The number of aliphatic hydroxyl groups is 1. The molecule has 4 heteroatoms. The monoisotopic (exact) mass is 242 g/mol. The molecule has 17 heavy (non-hydrogen) atoms. The van der Waals surface area contributed by atoms with E-state index in [0.29, 0.717) is 12.3 Å². The maximum atomic E-state index is 11.9. The summed E-state index contributed by atoms with van der Waals surface area (Å²) in [5.41, 5.74) is 5.37. The van der Waals surface area contributed by atoms with Crippen molar-refractivity contribution in [2.24, 2.45) is 11.7 Å². The van der Waals surface area contributed by atoms with Crippen LogP contribution in [0.15, 0.2) is 0 Å². The molecule has 1 fully saturated rings. The normalized spacial score (nSPS) is 30.9. The minimum atomic E-state index is -0.442. The van der Waals surface area contributed by atoms with E-state index < -0.39 is 11.6 Å². The minimum Gasteiger partial charge on any atom is -0.394 e. The highest BCUT2D eigenvalue weighted by atomic mass is 16.3. The average Bonchev–Trinajstić information content (AvgIpc) is 2.33. The first-order chi connectivity index (χ1) is 8.03. The van der Waals surface area contributed by atoms with E-state index in [2.05, 4.69) is 12.2 Å². The van der Waals surface area contributed by atoms with Gasteiger partial charge < -0.3 is 16.2 Å². The van der Waals surface area contributed by atoms with Gasteiger partial charge in [-0.15, -0.1) is 0 Å². The van der Waals surface area contributed by atoms with E-state index in [-0.39, 0.29) is 12.5 Å². The van der Waals surface area contributed by atoms with Gasteiger partial charge in [0.15, 0.2) is 0 Å². The Hall–Kier alpha value is -0.610. The molecule has 100 valence electrons. The lowest BCUT2D eigenvalue weighted by Gasteiger charge is -2.39. The van der Waals surface area contributed by atoms with Crippen LogP contribution in [0.25, 0.3) is 0 Å². The Labute approximate surface area is 104 Å². The SMILES string of the molecule is CCC[C@@H](N)C(=O)NC1(CO)CCC(C)CC1. The molecule has 0 aliphatic heterocycles. The van der Waals surface area contributed by atoms with E-state index >= 15 is 0 Å². The predicted octanol–water partition coefficient (Wildman–Crippen LogP) is 1.17. The molecule has 1 rings (SSSR count). The van der Waals surface area contributed by atoms with Crippen LogP contribution in [0.4, 0.5) is 0 Å². The van der Waals surface area contributed by atoms with Crippen molar-refractivity contribution in [1.29, 1.82) is 0 Å². The summed E-state index contributed by atoms with van der Waals surface area (Å²) < 4.78 is 0. The number of nitrogens with two attached hydrogens (primary N) is 1. The van der Waals surface area contributed by atoms with Crippen molar-refractivity contribution in [2.45, 2.75) is 64.0 Å². The van der Waals surface area contributed by atoms with E-state index in [1.54, 1.807) is 0 Å². The lowest BCUT2D eigenvalue weighted by Crippen LogP contribution is -2.57. The number of hydrogen-bond donors (Lipinski definition) is 3. The molecule has 1 amide bonds. The number of carbonyl (C=O) groups is 1. The number of nitrogens with one attached hydrogen (secondary N) is 1. The predicted molar refractivity (Wildman–Crippen MR) is 68.5 cm³/mol. The first-order valence-electron chi connectivity index (χ1n) is 6.71. The molecule has 0 spiro atoms. The third-order valence-corrected chi connectivity index (χ3v) is 3.86. The van der Waals surface area contributed by atoms with Gasteiger partial charge in [-0.05, 0) is 38.0 Å². The smallest absolute Gasteiger partial charge is 0.237 e. The van der Waals surface area contributed by atoms with E-state index in [4.69, 9.17) is 5.73 Å². The fourth-order valence-corrected chi connectivity index (χ4v) is 2.43. The molecule has 0 heterocycles. The van der Waals surface area contributed by atoms with Crippen LogP contribution in [0.2, 0.25) is 0 Å². The van der Waals surface area contributed by atoms with Crippen molar-refractivity contribution in [3.05, 3.63) is 0 Å². The largest absolute Gasteiger partial charge is 0.394 e. The van der Waals surface area contributed by atoms with Crippen molar-refractivity contribution in [1.82, 2.24) is 5.32 Å². The molecule has 0 aromatic heterocycles. The van der Waals surface area contributed by atoms with Gasteiger partial charge in [0.05, 0.1) is 18.2 Å². The summed E-state index contributed by atoms with van der Waals surface area (Å²) in [5.74, 6) is 0.575. The molecule has 0 aromatic rings. The van der Waals surface area contributed by atoms with Crippen LogP contribution in [-0.2, 0) is 4.79 Å². The van der Waals surface area contributed by atoms with E-state index in [9.17, 15) is 9.90 Å². The molecule has 0 aromatic carbocycles. The summed E-state index contributed by atoms with van der Waals surface area (Å²) in [6.45, 7) is 4.24. The van der Waals surface area contributed by atoms with E-state index in [0.717, 1.165) is 32.1 Å². The van der Waals surface area contributed by atoms with Crippen molar-refractivity contribution in [2.75, 3.05) is 6.61 Å². The van der Waals surface area contributed by atoms with Crippen LogP contribution < -0.4 is 11.1 Å². The van der Waals surface area contributed by atoms with Gasteiger partial charge in [-0.3, -0.25) is 4.79 Å².